The van der Waals surface area contributed by atoms with Crippen LogP contribution in [0.15, 0.2) is 321 Å². The van der Waals surface area contributed by atoms with E-state index in [1.165, 1.54) is 82.3 Å². The number of nitrogens with one attached hydrogen (secondary N) is 3. The summed E-state index contributed by atoms with van der Waals surface area (Å²) in [4.78, 5) is 65.7. The number of primary sulfonamides is 1. The molecule has 13 aromatic heterocycles. The molecule has 4 saturated heterocycles. The Kier molecular flexibility index (Phi) is 23.0. The van der Waals surface area contributed by atoms with Gasteiger partial charge in [-0.3, -0.25) is 37.2 Å². The van der Waals surface area contributed by atoms with Crippen LogP contribution in [0, 0.1) is 6.92 Å². The topological polar surface area (TPSA) is 258 Å². The minimum atomic E-state index is -3.83. The quantitative estimate of drug-likeness (QED) is 0.0836. The average molecular weight is 1760 g/mol. The van der Waals surface area contributed by atoms with Crippen LogP contribution in [0.3, 0.4) is 0 Å². The van der Waals surface area contributed by atoms with Crippen molar-refractivity contribution in [2.45, 2.75) is 81.3 Å². The lowest BCUT2D eigenvalue weighted by molar-refractivity contribution is -0.132. The number of rotatable bonds is 13. The second-order valence-corrected chi connectivity index (χ2v) is 36.5. The summed E-state index contributed by atoms with van der Waals surface area (Å²) >= 11 is 1.72. The molecular formula is C107H94N18O4S2. The third-order valence-corrected chi connectivity index (χ3v) is 27.7. The first kappa shape index (κ1) is 83.3. The lowest BCUT2D eigenvalue weighted by Crippen LogP contribution is -2.44. The standard InChI is InChI=1S/C28H26N4O2S.C27H26N6.C27H20N4O2.C25H22N4S/c29-35(33,34)27-13-12-23(22-5-1-2-6-24(22)27)26-18-31-28-17-21(14-16-32(26)28)19-8-10-20(11-9-19)25-7-3-4-15-30-25;1-19-16-24(23-4-3-10-28-27(23)30-19)25-18-29-26-17-21(9-11-33(25)26)20-5-7-22(8-6-20)32-14-12-31(2)13-15-32;32-24-10-11-26(33)30-27(24)18-8-6-17(7-9-18)19-12-14-31-23(16-29-25(31)15-19)21-3-1-5-22-20(21)4-2-13-28-22;1-2-11-26-21(4-1)18-8-6-17(7-9-18)19-10-13-29-22(15-28-24(29)14-19)20-16-30-23-5-3-12-27-25(20)23/h1-2,5-6,8-14,16-18,25,30H,3-4,7,15H2,(H2,29,33,34);3-11,16-18H,12-15H2,1-2H3;1-9,12-16,27H,10-11H2,(H,30,33);3,5-10,12-16,21,26H,1-2,4,11H2. The predicted molar refractivity (Wildman–Crippen MR) is 523 cm³/mol. The molecule has 0 aliphatic carbocycles. The van der Waals surface area contributed by atoms with Crippen molar-refractivity contribution in [1.82, 2.24) is 78.3 Å². The van der Waals surface area contributed by atoms with Gasteiger partial charge in [-0.05, 0) is 229 Å². The molecular weight excluding hydrogens is 1670 g/mol. The Morgan fingerprint density at radius 2 is 0.901 bits per heavy atom. The highest BCUT2D eigenvalue weighted by Crippen LogP contribution is 2.40. The van der Waals surface area contributed by atoms with Crippen LogP contribution in [0.4, 0.5) is 5.69 Å². The van der Waals surface area contributed by atoms with Gasteiger partial charge in [-0.2, -0.15) is 0 Å². The zero-order valence-corrected chi connectivity index (χ0v) is 74.1. The van der Waals surface area contributed by atoms with Gasteiger partial charge in [-0.1, -0.05) is 146 Å². The zero-order valence-electron chi connectivity index (χ0n) is 72.4. The maximum Gasteiger partial charge on any atom is 0.238 e. The highest BCUT2D eigenvalue weighted by molar-refractivity contribution is 7.89. The number of nitrogens with two attached hydrogens (primary N) is 1. The Bertz CT molecular complexity index is 7800. The molecule has 20 aromatic rings. The van der Waals surface area contributed by atoms with Gasteiger partial charge in [-0.15, -0.1) is 11.3 Å². The Labute approximate surface area is 761 Å². The normalized spacial score (nSPS) is 16.2. The second-order valence-electron chi connectivity index (χ2n) is 34.1. The number of hydrogen-bond donors (Lipinski definition) is 4. The van der Waals surface area contributed by atoms with Crippen molar-refractivity contribution >= 4 is 104 Å². The van der Waals surface area contributed by atoms with E-state index in [9.17, 15) is 18.0 Å². The summed E-state index contributed by atoms with van der Waals surface area (Å²) in [5.74, 6) is -0.0245. The van der Waals surface area contributed by atoms with Crippen LogP contribution in [0.1, 0.15) is 91.9 Å². The summed E-state index contributed by atoms with van der Waals surface area (Å²) in [6, 6.07) is 83.0. The summed E-state index contributed by atoms with van der Waals surface area (Å²) in [5.41, 5.74) is 29.5. The molecule has 0 radical (unpaired) electrons. The van der Waals surface area contributed by atoms with Crippen LogP contribution >= 0.6 is 11.3 Å². The SMILES string of the molecule is Cc1cc(-c2cnc3cc(-c4ccc(N5CCN(C)CC5)cc4)ccn23)c2cccnc2n1.NS(=O)(=O)c1ccc(-c2cnc3cc(-c4ccc(C5CCCCN5)cc4)ccn23)c2ccccc12.O=C1CCC(=O)C(c2ccc(-c3ccn4c(-c5cccc6ncccc56)cnc4c3)cc2)N1.c1cnc2c(-c3cnc4cc(-c5ccc(C6CCCCN6)cc5)ccn34)csc2c1. The fourth-order valence-electron chi connectivity index (χ4n) is 18.8. The molecule has 5 N–H and O–H groups in total. The van der Waals surface area contributed by atoms with Crippen LogP contribution in [-0.2, 0) is 19.6 Å². The maximum absolute atomic E-state index is 12.2. The number of pyridine rings is 8. The van der Waals surface area contributed by atoms with E-state index < -0.39 is 16.1 Å². The largest absolute Gasteiger partial charge is 0.369 e. The molecule has 17 heterocycles. The molecule has 131 heavy (non-hydrogen) atoms. The number of piperidine rings is 3. The molecule has 3 unspecified atom stereocenters. The molecule has 22 nitrogen and oxygen atoms in total. The van der Waals surface area contributed by atoms with E-state index in [2.05, 4.69) is 250 Å². The number of aryl methyl sites for hydroxylation is 1. The minimum Gasteiger partial charge on any atom is -0.369 e. The third-order valence-electron chi connectivity index (χ3n) is 25.8. The van der Waals surface area contributed by atoms with Gasteiger partial charge < -0.3 is 25.8 Å². The monoisotopic (exact) mass is 1760 g/mol. The summed E-state index contributed by atoms with van der Waals surface area (Å²) in [6.45, 7) is 8.61. The van der Waals surface area contributed by atoms with Crippen LogP contribution in [-0.4, -0.2) is 129 Å². The summed E-state index contributed by atoms with van der Waals surface area (Å²) in [5, 5.41) is 21.2. The number of likely N-dealkylation sites (N-methyl/N-ethyl adjacent to an activating group) is 1. The van der Waals surface area contributed by atoms with Gasteiger partial charge in [0.05, 0.1) is 68.2 Å². The second kappa shape index (κ2) is 36.1. The number of thiophene rings is 1. The number of ketones is 1. The van der Waals surface area contributed by atoms with Crippen molar-refractivity contribution in [2.24, 2.45) is 5.14 Å². The van der Waals surface area contributed by atoms with Gasteiger partial charge in [-0.25, -0.2) is 43.5 Å². The number of carbonyl (C=O) groups excluding carboxylic acids is 2. The number of piperazine rings is 1. The first-order chi connectivity index (χ1) is 64.2. The number of nitrogens with zero attached hydrogens (tertiary/aromatic N) is 14. The number of aromatic nitrogens is 12. The van der Waals surface area contributed by atoms with Crippen molar-refractivity contribution in [3.8, 4) is 89.5 Å². The Balaban J connectivity index is 0.000000106. The Morgan fingerprint density at radius 3 is 1.44 bits per heavy atom. The van der Waals surface area contributed by atoms with Gasteiger partial charge in [0.1, 0.15) is 28.6 Å². The van der Waals surface area contributed by atoms with Gasteiger partial charge in [0.25, 0.3) is 0 Å². The number of sulfonamides is 1. The number of fused-ring (bicyclic) bond motifs is 8. The molecule has 0 spiro atoms. The number of carbonyl (C=O) groups is 2. The van der Waals surface area contributed by atoms with Crippen LogP contribution in [0.25, 0.3) is 155 Å². The smallest absolute Gasteiger partial charge is 0.238 e. The number of benzene rings is 7. The molecule has 1 amide bonds. The number of amides is 1. The first-order valence-electron chi connectivity index (χ1n) is 44.7. The van der Waals surface area contributed by atoms with Crippen molar-refractivity contribution in [2.75, 3.05) is 51.2 Å². The van der Waals surface area contributed by atoms with E-state index in [0.717, 1.165) is 173 Å². The molecule has 648 valence electrons. The molecule has 7 aromatic carbocycles. The highest BCUT2D eigenvalue weighted by Gasteiger charge is 2.29. The highest BCUT2D eigenvalue weighted by atomic mass is 32.2. The fourth-order valence-corrected chi connectivity index (χ4v) is 20.5. The van der Waals surface area contributed by atoms with Crippen molar-refractivity contribution < 1.29 is 18.0 Å². The number of Topliss-reactive ketones (excluding diaryl/α,β-unsaturated/α-hetero) is 1. The van der Waals surface area contributed by atoms with Crippen molar-refractivity contribution in [3.63, 3.8) is 0 Å². The number of hydrogen-bond acceptors (Lipinski definition) is 17. The lowest BCUT2D eigenvalue weighted by Gasteiger charge is -2.34. The van der Waals surface area contributed by atoms with Gasteiger partial charge >= 0.3 is 0 Å². The minimum absolute atomic E-state index is 0.0531. The zero-order chi connectivity index (χ0) is 88.6. The summed E-state index contributed by atoms with van der Waals surface area (Å²) in [7, 11) is -1.64. The van der Waals surface area contributed by atoms with Crippen LogP contribution < -0.4 is 26.0 Å². The molecule has 3 atom stereocenters. The van der Waals surface area contributed by atoms with Crippen LogP contribution in [0.5, 0.6) is 0 Å². The van der Waals surface area contributed by atoms with Gasteiger partial charge in [0.15, 0.2) is 11.4 Å². The number of imidazole rings is 4. The Morgan fingerprint density at radius 1 is 0.420 bits per heavy atom. The van der Waals surface area contributed by atoms with E-state index in [-0.39, 0.29) is 23.0 Å². The number of anilines is 1. The van der Waals surface area contributed by atoms with Crippen molar-refractivity contribution in [3.05, 3.63) is 339 Å². The molecule has 4 fully saturated rings. The van der Waals surface area contributed by atoms with E-state index in [1.54, 1.807) is 41.9 Å². The first-order valence-corrected chi connectivity index (χ1v) is 47.1. The molecule has 24 heteroatoms. The molecule has 4 aliphatic rings. The molecule has 24 rings (SSSR count). The van der Waals surface area contributed by atoms with Crippen LogP contribution in [0.2, 0.25) is 0 Å². The molecule has 0 bridgehead atoms. The molecule has 0 saturated carbocycles. The summed E-state index contributed by atoms with van der Waals surface area (Å²) in [6.07, 6.45) is 29.5. The van der Waals surface area contributed by atoms with E-state index in [4.69, 9.17) is 10.1 Å². The van der Waals surface area contributed by atoms with E-state index in [1.807, 2.05) is 127 Å². The fraction of sp³-hybridized carbons (Fsp3) is 0.178. The van der Waals surface area contributed by atoms with E-state index >= 15 is 0 Å². The molecule has 4 aliphatic heterocycles. The van der Waals surface area contributed by atoms with Gasteiger partial charge in [0.2, 0.25) is 15.9 Å². The maximum atomic E-state index is 12.2. The Hall–Kier alpha value is -14.6. The lowest BCUT2D eigenvalue weighted by atomic mass is 9.94. The van der Waals surface area contributed by atoms with Gasteiger partial charge in [0, 0.05) is 150 Å². The predicted octanol–water partition coefficient (Wildman–Crippen LogP) is 20.8. The summed E-state index contributed by atoms with van der Waals surface area (Å²) < 4.78 is 33.8. The van der Waals surface area contributed by atoms with Crippen molar-refractivity contribution in [1.29, 1.82) is 0 Å². The average Bonchev–Trinajstić information content (AvgIpc) is 1.69. The van der Waals surface area contributed by atoms with E-state index in [0.29, 0.717) is 23.9 Å². The third kappa shape index (κ3) is 17.1.